The van der Waals surface area contributed by atoms with Gasteiger partial charge in [-0.15, -0.1) is 0 Å². The van der Waals surface area contributed by atoms with Gasteiger partial charge in [-0.2, -0.15) is 11.8 Å². The minimum absolute atomic E-state index is 0.0848. The largest absolute Gasteiger partial charge is 0.349 e. The molecule has 1 aromatic heterocycles. The average molecular weight is 333 g/mol. The van der Waals surface area contributed by atoms with Crippen molar-refractivity contribution in [1.82, 2.24) is 15.3 Å². The van der Waals surface area contributed by atoms with Crippen LogP contribution in [0.15, 0.2) is 30.5 Å². The Morgan fingerprint density at radius 1 is 1.30 bits per heavy atom. The van der Waals surface area contributed by atoms with E-state index in [1.165, 1.54) is 12.1 Å². The SMILES string of the molecule is O=C(CC1CCSCC1)NCc1ncc(-c2ccc(F)cc2)[nH]1. The van der Waals surface area contributed by atoms with Crippen molar-refractivity contribution < 1.29 is 9.18 Å². The zero-order chi connectivity index (χ0) is 16.1. The third-order valence-electron chi connectivity index (χ3n) is 4.05. The molecule has 23 heavy (non-hydrogen) atoms. The predicted octanol–water partition coefficient (Wildman–Crippen LogP) is 3.37. The summed E-state index contributed by atoms with van der Waals surface area (Å²) in [5, 5.41) is 2.92. The summed E-state index contributed by atoms with van der Waals surface area (Å²) >= 11 is 1.97. The number of nitrogens with one attached hydrogen (secondary N) is 2. The second-order valence-electron chi connectivity index (χ2n) is 5.79. The number of thioether (sulfide) groups is 1. The molecule has 6 heteroatoms. The molecule has 2 aromatic rings. The molecule has 0 aliphatic carbocycles. The number of hydrogen-bond donors (Lipinski definition) is 2. The third-order valence-corrected chi connectivity index (χ3v) is 5.10. The third kappa shape index (κ3) is 4.58. The Labute approximate surface area is 139 Å². The summed E-state index contributed by atoms with van der Waals surface area (Å²) in [6, 6.07) is 6.23. The van der Waals surface area contributed by atoms with Gasteiger partial charge in [0, 0.05) is 6.42 Å². The summed E-state index contributed by atoms with van der Waals surface area (Å²) in [5.41, 5.74) is 1.69. The van der Waals surface area contributed by atoms with Crippen molar-refractivity contribution in [1.29, 1.82) is 0 Å². The number of aromatic nitrogens is 2. The Balaban J connectivity index is 1.50. The van der Waals surface area contributed by atoms with E-state index in [0.717, 1.165) is 35.6 Å². The van der Waals surface area contributed by atoms with Gasteiger partial charge in [-0.1, -0.05) is 0 Å². The second-order valence-corrected chi connectivity index (χ2v) is 7.01. The van der Waals surface area contributed by atoms with E-state index < -0.39 is 0 Å². The predicted molar refractivity (Wildman–Crippen MR) is 90.5 cm³/mol. The molecule has 1 aliphatic rings. The summed E-state index contributed by atoms with van der Waals surface area (Å²) in [6.45, 7) is 0.390. The molecule has 0 saturated carbocycles. The Hall–Kier alpha value is -1.82. The number of H-pyrrole nitrogens is 1. The summed E-state index contributed by atoms with van der Waals surface area (Å²) in [7, 11) is 0. The van der Waals surface area contributed by atoms with Crippen LogP contribution in [-0.2, 0) is 11.3 Å². The Morgan fingerprint density at radius 3 is 2.78 bits per heavy atom. The molecule has 3 rings (SSSR count). The fraction of sp³-hybridized carbons (Fsp3) is 0.412. The van der Waals surface area contributed by atoms with E-state index >= 15 is 0 Å². The van der Waals surface area contributed by atoms with Gasteiger partial charge < -0.3 is 10.3 Å². The maximum absolute atomic E-state index is 12.9. The van der Waals surface area contributed by atoms with E-state index in [0.29, 0.717) is 24.7 Å². The molecule has 2 N–H and O–H groups in total. The molecule has 1 saturated heterocycles. The highest BCUT2D eigenvalue weighted by molar-refractivity contribution is 7.99. The molecule has 1 fully saturated rings. The van der Waals surface area contributed by atoms with Gasteiger partial charge >= 0.3 is 0 Å². The highest BCUT2D eigenvalue weighted by Gasteiger charge is 2.17. The second kappa shape index (κ2) is 7.64. The minimum Gasteiger partial charge on any atom is -0.349 e. The van der Waals surface area contributed by atoms with Crippen LogP contribution < -0.4 is 5.32 Å². The minimum atomic E-state index is -0.262. The molecular weight excluding hydrogens is 313 g/mol. The summed E-state index contributed by atoms with van der Waals surface area (Å²) < 4.78 is 12.9. The average Bonchev–Trinajstić information content (AvgIpc) is 3.04. The smallest absolute Gasteiger partial charge is 0.220 e. The topological polar surface area (TPSA) is 57.8 Å². The van der Waals surface area contributed by atoms with Crippen LogP contribution in [0.4, 0.5) is 4.39 Å². The van der Waals surface area contributed by atoms with E-state index in [4.69, 9.17) is 0 Å². The first-order valence-corrected chi connectivity index (χ1v) is 9.00. The molecule has 1 aromatic carbocycles. The van der Waals surface area contributed by atoms with E-state index in [1.807, 2.05) is 11.8 Å². The van der Waals surface area contributed by atoms with Gasteiger partial charge in [-0.3, -0.25) is 4.79 Å². The van der Waals surface area contributed by atoms with Crippen LogP contribution in [0.3, 0.4) is 0 Å². The molecule has 0 radical (unpaired) electrons. The normalized spacial score (nSPS) is 15.5. The number of carbonyl (C=O) groups is 1. The fourth-order valence-electron chi connectivity index (χ4n) is 2.70. The fourth-order valence-corrected chi connectivity index (χ4v) is 3.90. The zero-order valence-electron chi connectivity index (χ0n) is 12.8. The van der Waals surface area contributed by atoms with Gasteiger partial charge in [-0.25, -0.2) is 9.37 Å². The molecule has 0 unspecified atom stereocenters. The Bertz CT molecular complexity index is 650. The molecular formula is C17H20FN3OS. The van der Waals surface area contributed by atoms with E-state index in [9.17, 15) is 9.18 Å². The van der Waals surface area contributed by atoms with Gasteiger partial charge in [0.25, 0.3) is 0 Å². The van der Waals surface area contributed by atoms with Crippen LogP contribution in [-0.4, -0.2) is 27.4 Å². The lowest BCUT2D eigenvalue weighted by molar-refractivity contribution is -0.122. The van der Waals surface area contributed by atoms with Crippen LogP contribution in [0.5, 0.6) is 0 Å². The van der Waals surface area contributed by atoms with Crippen molar-refractivity contribution in [2.75, 3.05) is 11.5 Å². The van der Waals surface area contributed by atoms with Gasteiger partial charge in [0.2, 0.25) is 5.91 Å². The highest BCUT2D eigenvalue weighted by Crippen LogP contribution is 2.25. The number of halogens is 1. The summed E-state index contributed by atoms with van der Waals surface area (Å²) in [6.07, 6.45) is 4.57. The molecule has 2 heterocycles. The lowest BCUT2D eigenvalue weighted by atomic mass is 9.98. The standard InChI is InChI=1S/C17H20FN3OS/c18-14-3-1-13(2-4-14)15-10-19-16(21-15)11-20-17(22)9-12-5-7-23-8-6-12/h1-4,10,12H,5-9,11H2,(H,19,21)(H,20,22). The number of rotatable bonds is 5. The maximum Gasteiger partial charge on any atom is 0.220 e. The lowest BCUT2D eigenvalue weighted by Crippen LogP contribution is -2.26. The first-order valence-electron chi connectivity index (χ1n) is 7.85. The summed E-state index contributed by atoms with van der Waals surface area (Å²) in [5.74, 6) is 3.37. The van der Waals surface area contributed by atoms with Gasteiger partial charge in [0.1, 0.15) is 11.6 Å². The van der Waals surface area contributed by atoms with Crippen molar-refractivity contribution in [2.24, 2.45) is 5.92 Å². The molecule has 1 aliphatic heterocycles. The molecule has 0 bridgehead atoms. The van der Waals surface area contributed by atoms with Gasteiger partial charge in [0.15, 0.2) is 0 Å². The number of imidazole rings is 1. The van der Waals surface area contributed by atoms with Crippen LogP contribution in [0.1, 0.15) is 25.1 Å². The summed E-state index contributed by atoms with van der Waals surface area (Å²) in [4.78, 5) is 19.4. The first kappa shape index (κ1) is 16.1. The maximum atomic E-state index is 12.9. The quantitative estimate of drug-likeness (QED) is 0.882. The van der Waals surface area contributed by atoms with Crippen molar-refractivity contribution in [3.63, 3.8) is 0 Å². The van der Waals surface area contributed by atoms with Crippen molar-refractivity contribution in [2.45, 2.75) is 25.8 Å². The van der Waals surface area contributed by atoms with Crippen LogP contribution in [0, 0.1) is 11.7 Å². The van der Waals surface area contributed by atoms with Gasteiger partial charge in [-0.05, 0) is 60.1 Å². The Kier molecular flexibility index (Phi) is 5.33. The van der Waals surface area contributed by atoms with Crippen LogP contribution >= 0.6 is 11.8 Å². The van der Waals surface area contributed by atoms with Crippen molar-refractivity contribution in [3.8, 4) is 11.3 Å². The first-order chi connectivity index (χ1) is 11.2. The lowest BCUT2D eigenvalue weighted by Gasteiger charge is -2.20. The molecule has 1 amide bonds. The van der Waals surface area contributed by atoms with Crippen molar-refractivity contribution in [3.05, 3.63) is 42.1 Å². The van der Waals surface area contributed by atoms with E-state index in [2.05, 4.69) is 15.3 Å². The number of nitrogens with zero attached hydrogens (tertiary/aromatic N) is 1. The number of hydrogen-bond acceptors (Lipinski definition) is 3. The van der Waals surface area contributed by atoms with Crippen LogP contribution in [0.25, 0.3) is 11.3 Å². The zero-order valence-corrected chi connectivity index (χ0v) is 13.7. The highest BCUT2D eigenvalue weighted by atomic mass is 32.2. The molecule has 4 nitrogen and oxygen atoms in total. The number of amides is 1. The van der Waals surface area contributed by atoms with Gasteiger partial charge in [0.05, 0.1) is 18.4 Å². The van der Waals surface area contributed by atoms with Crippen molar-refractivity contribution >= 4 is 17.7 Å². The van der Waals surface area contributed by atoms with E-state index in [-0.39, 0.29) is 11.7 Å². The number of aromatic amines is 1. The monoisotopic (exact) mass is 333 g/mol. The Morgan fingerprint density at radius 2 is 2.04 bits per heavy atom. The van der Waals surface area contributed by atoms with E-state index in [1.54, 1.807) is 18.3 Å². The van der Waals surface area contributed by atoms with Crippen LogP contribution in [0.2, 0.25) is 0 Å². The molecule has 0 spiro atoms. The number of benzene rings is 1. The molecule has 122 valence electrons. The number of carbonyl (C=O) groups excluding carboxylic acids is 1. The molecule has 0 atom stereocenters.